The van der Waals surface area contributed by atoms with E-state index in [9.17, 15) is 4.39 Å². The number of nitrogens with zero attached hydrogens (tertiary/aromatic N) is 1. The van der Waals surface area contributed by atoms with Gasteiger partial charge in [0.15, 0.2) is 0 Å². The molecule has 0 spiro atoms. The first-order valence-corrected chi connectivity index (χ1v) is 11.2. The molecule has 0 radical (unpaired) electrons. The number of likely N-dealkylation sites (tertiary alicyclic amines) is 1. The predicted molar refractivity (Wildman–Crippen MR) is 125 cm³/mol. The molecule has 1 heterocycles. The van der Waals surface area contributed by atoms with Crippen molar-refractivity contribution in [3.63, 3.8) is 0 Å². The summed E-state index contributed by atoms with van der Waals surface area (Å²) < 4.78 is 30.0. The van der Waals surface area contributed by atoms with Gasteiger partial charge in [-0.15, -0.1) is 0 Å². The van der Waals surface area contributed by atoms with Crippen LogP contribution in [0.15, 0.2) is 72.8 Å². The Hall–Kier alpha value is -2.89. The molecular formula is C27H30FNO3. The summed E-state index contributed by atoms with van der Waals surface area (Å²) in [6.07, 6.45) is 2.24. The lowest BCUT2D eigenvalue weighted by molar-refractivity contribution is 0.0915. The molecule has 168 valence electrons. The lowest BCUT2D eigenvalue weighted by Gasteiger charge is -2.32. The van der Waals surface area contributed by atoms with Crippen molar-refractivity contribution in [3.05, 3.63) is 84.2 Å². The van der Waals surface area contributed by atoms with Gasteiger partial charge in [0.1, 0.15) is 30.0 Å². The van der Waals surface area contributed by atoms with Crippen molar-refractivity contribution >= 4 is 0 Å². The minimum Gasteiger partial charge on any atom is -0.492 e. The second-order valence-electron chi connectivity index (χ2n) is 8.12. The fourth-order valence-corrected chi connectivity index (χ4v) is 3.95. The maximum atomic E-state index is 12.9. The molecule has 0 amide bonds. The summed E-state index contributed by atoms with van der Waals surface area (Å²) in [6.45, 7) is 4.08. The van der Waals surface area contributed by atoms with E-state index in [4.69, 9.17) is 14.2 Å². The minimum atomic E-state index is -0.245. The highest BCUT2D eigenvalue weighted by atomic mass is 19.1. The largest absolute Gasteiger partial charge is 0.492 e. The lowest BCUT2D eigenvalue weighted by atomic mass is 10.0. The van der Waals surface area contributed by atoms with Gasteiger partial charge in [-0.05, 0) is 65.9 Å². The molecule has 0 unspecified atom stereocenters. The van der Waals surface area contributed by atoms with Crippen LogP contribution >= 0.6 is 0 Å². The molecular weight excluding hydrogens is 405 g/mol. The van der Waals surface area contributed by atoms with E-state index in [0.717, 1.165) is 38.2 Å². The van der Waals surface area contributed by atoms with Crippen LogP contribution in [0.5, 0.6) is 11.5 Å². The molecule has 4 rings (SSSR count). The average Bonchev–Trinajstić information content (AvgIpc) is 2.83. The zero-order valence-corrected chi connectivity index (χ0v) is 18.5. The smallest absolute Gasteiger partial charge is 0.123 e. The van der Waals surface area contributed by atoms with Crippen molar-refractivity contribution in [2.75, 3.05) is 33.4 Å². The van der Waals surface area contributed by atoms with Gasteiger partial charge in [0.2, 0.25) is 0 Å². The maximum absolute atomic E-state index is 12.9. The van der Waals surface area contributed by atoms with Gasteiger partial charge >= 0.3 is 0 Å². The second-order valence-corrected chi connectivity index (χ2v) is 8.12. The number of methoxy groups -OCH3 is 1. The van der Waals surface area contributed by atoms with Gasteiger partial charge in [-0.25, -0.2) is 4.39 Å². The molecule has 3 aromatic carbocycles. The molecule has 1 fully saturated rings. The summed E-state index contributed by atoms with van der Waals surface area (Å²) in [7, 11) is 1.71. The van der Waals surface area contributed by atoms with Crippen LogP contribution in [-0.4, -0.2) is 44.4 Å². The Kier molecular flexibility index (Phi) is 7.75. The van der Waals surface area contributed by atoms with Gasteiger partial charge in [-0.1, -0.05) is 36.4 Å². The van der Waals surface area contributed by atoms with Crippen LogP contribution in [0.3, 0.4) is 0 Å². The zero-order valence-electron chi connectivity index (χ0n) is 18.5. The molecule has 0 bridgehead atoms. The average molecular weight is 436 g/mol. The predicted octanol–water partition coefficient (Wildman–Crippen LogP) is 5.56. The van der Waals surface area contributed by atoms with E-state index < -0.39 is 0 Å². The molecule has 0 saturated carbocycles. The van der Waals surface area contributed by atoms with Gasteiger partial charge in [-0.3, -0.25) is 4.90 Å². The quantitative estimate of drug-likeness (QED) is 0.440. The third kappa shape index (κ3) is 6.31. The van der Waals surface area contributed by atoms with Crippen LogP contribution in [0.2, 0.25) is 0 Å². The SMILES string of the molecule is COCc1ccc(-c2ccc(OC3CCN(CCOc4ccc(F)cc4)CC3)cc2)cc1. The van der Waals surface area contributed by atoms with Crippen LogP contribution in [0, 0.1) is 5.82 Å². The second kappa shape index (κ2) is 11.1. The van der Waals surface area contributed by atoms with Gasteiger partial charge < -0.3 is 14.2 Å². The Labute approximate surface area is 189 Å². The number of piperidine rings is 1. The van der Waals surface area contributed by atoms with E-state index in [1.807, 2.05) is 0 Å². The summed E-state index contributed by atoms with van der Waals surface area (Å²) >= 11 is 0. The number of rotatable bonds is 9. The Morgan fingerprint density at radius 1 is 0.812 bits per heavy atom. The summed E-state index contributed by atoms with van der Waals surface area (Å²) in [5.74, 6) is 1.38. The Morgan fingerprint density at radius 3 is 2.03 bits per heavy atom. The van der Waals surface area contributed by atoms with Crippen molar-refractivity contribution in [1.82, 2.24) is 4.90 Å². The monoisotopic (exact) mass is 435 g/mol. The standard InChI is InChI=1S/C27H30FNO3/c1-30-20-21-2-4-22(5-3-21)23-6-10-26(11-7-23)32-27-14-16-29(17-15-27)18-19-31-25-12-8-24(28)9-13-25/h2-13,27H,14-20H2,1H3. The highest BCUT2D eigenvalue weighted by molar-refractivity contribution is 5.64. The van der Waals surface area contributed by atoms with Crippen molar-refractivity contribution in [2.24, 2.45) is 0 Å². The summed E-state index contributed by atoms with van der Waals surface area (Å²) in [5.41, 5.74) is 3.54. The Balaban J connectivity index is 1.19. The Bertz CT molecular complexity index is 950. The highest BCUT2D eigenvalue weighted by Crippen LogP contribution is 2.25. The topological polar surface area (TPSA) is 30.9 Å². The first kappa shape index (κ1) is 22.3. The number of hydrogen-bond acceptors (Lipinski definition) is 4. The molecule has 0 N–H and O–H groups in total. The van der Waals surface area contributed by atoms with E-state index >= 15 is 0 Å². The number of halogens is 1. The Morgan fingerprint density at radius 2 is 1.41 bits per heavy atom. The normalized spacial score (nSPS) is 14.9. The third-order valence-corrected chi connectivity index (χ3v) is 5.78. The van der Waals surface area contributed by atoms with Crippen molar-refractivity contribution in [2.45, 2.75) is 25.6 Å². The number of hydrogen-bond donors (Lipinski definition) is 0. The molecule has 0 atom stereocenters. The molecule has 5 heteroatoms. The fourth-order valence-electron chi connectivity index (χ4n) is 3.95. The number of ether oxygens (including phenoxy) is 3. The first-order valence-electron chi connectivity index (χ1n) is 11.2. The van der Waals surface area contributed by atoms with Crippen molar-refractivity contribution in [3.8, 4) is 22.6 Å². The van der Waals surface area contributed by atoms with Crippen LogP contribution in [-0.2, 0) is 11.3 Å². The number of benzene rings is 3. The summed E-state index contributed by atoms with van der Waals surface area (Å²) in [4.78, 5) is 2.39. The van der Waals surface area contributed by atoms with Gasteiger partial charge in [0.25, 0.3) is 0 Å². The van der Waals surface area contributed by atoms with Crippen molar-refractivity contribution in [1.29, 1.82) is 0 Å². The molecule has 0 aromatic heterocycles. The van der Waals surface area contributed by atoms with Crippen molar-refractivity contribution < 1.29 is 18.6 Å². The maximum Gasteiger partial charge on any atom is 0.123 e. The molecule has 32 heavy (non-hydrogen) atoms. The van der Waals surface area contributed by atoms with Crippen LogP contribution in [0.25, 0.3) is 11.1 Å². The summed E-state index contributed by atoms with van der Waals surface area (Å²) in [5, 5.41) is 0. The molecule has 0 aliphatic carbocycles. The molecule has 1 aliphatic heterocycles. The van der Waals surface area contributed by atoms with Gasteiger partial charge in [0.05, 0.1) is 6.61 Å². The molecule has 1 aliphatic rings. The molecule has 1 saturated heterocycles. The first-order chi connectivity index (χ1) is 15.7. The van der Waals surface area contributed by atoms with Gasteiger partial charge in [-0.2, -0.15) is 0 Å². The zero-order chi connectivity index (χ0) is 22.2. The van der Waals surface area contributed by atoms with E-state index in [1.165, 1.54) is 28.8 Å². The summed E-state index contributed by atoms with van der Waals surface area (Å²) in [6, 6.07) is 23.0. The van der Waals surface area contributed by atoms with Gasteiger partial charge in [0, 0.05) is 26.7 Å². The van der Waals surface area contributed by atoms with E-state index in [-0.39, 0.29) is 11.9 Å². The van der Waals surface area contributed by atoms with E-state index in [1.54, 1.807) is 19.2 Å². The van der Waals surface area contributed by atoms with Crippen LogP contribution in [0.1, 0.15) is 18.4 Å². The fraction of sp³-hybridized carbons (Fsp3) is 0.333. The minimum absolute atomic E-state index is 0.239. The van der Waals surface area contributed by atoms with E-state index in [0.29, 0.717) is 19.0 Å². The van der Waals surface area contributed by atoms with E-state index in [2.05, 4.69) is 53.4 Å². The van der Waals surface area contributed by atoms with Crippen LogP contribution in [0.4, 0.5) is 4.39 Å². The third-order valence-electron chi connectivity index (χ3n) is 5.78. The molecule has 4 nitrogen and oxygen atoms in total. The molecule has 3 aromatic rings. The lowest BCUT2D eigenvalue weighted by Crippen LogP contribution is -2.40. The highest BCUT2D eigenvalue weighted by Gasteiger charge is 2.20. The van der Waals surface area contributed by atoms with Crippen LogP contribution < -0.4 is 9.47 Å².